The molecule has 114 valence electrons. The van der Waals surface area contributed by atoms with Gasteiger partial charge in [-0.3, -0.25) is 0 Å². The average molecular weight is 299 g/mol. The molecule has 0 unspecified atom stereocenters. The Bertz CT molecular complexity index is 521. The third-order valence-electron chi connectivity index (χ3n) is 3.21. The zero-order valence-corrected chi connectivity index (χ0v) is 13.6. The molecule has 0 saturated heterocycles. The second kappa shape index (κ2) is 7.06. The van der Waals surface area contributed by atoms with Gasteiger partial charge in [0.2, 0.25) is 10.0 Å². The van der Waals surface area contributed by atoms with E-state index in [0.29, 0.717) is 24.3 Å². The molecule has 0 bridgehead atoms. The molecule has 0 heterocycles. The first kappa shape index (κ1) is 16.9. The van der Waals surface area contributed by atoms with Gasteiger partial charge in [0.15, 0.2) is 0 Å². The van der Waals surface area contributed by atoms with Crippen molar-refractivity contribution in [2.24, 2.45) is 0 Å². The quantitative estimate of drug-likeness (QED) is 0.776. The van der Waals surface area contributed by atoms with Crippen molar-refractivity contribution in [1.82, 2.24) is 9.21 Å². The molecule has 5 nitrogen and oxygen atoms in total. The first-order valence-corrected chi connectivity index (χ1v) is 8.24. The lowest BCUT2D eigenvalue weighted by Crippen LogP contribution is -2.34. The number of rotatable bonds is 7. The fourth-order valence-electron chi connectivity index (χ4n) is 2.17. The molecule has 0 amide bonds. The smallest absolute Gasteiger partial charge is 0.245 e. The fraction of sp³-hybridized carbons (Fsp3) is 0.571. The van der Waals surface area contributed by atoms with Gasteiger partial charge >= 0.3 is 0 Å². The monoisotopic (exact) mass is 299 g/mol. The number of nitrogen functional groups attached to an aromatic ring is 1. The fourth-order valence-corrected chi connectivity index (χ4v) is 3.98. The number of aryl methyl sites for hydroxylation is 1. The van der Waals surface area contributed by atoms with E-state index in [9.17, 15) is 8.42 Å². The number of nitrogens with two attached hydrogens (primary N) is 1. The van der Waals surface area contributed by atoms with E-state index < -0.39 is 10.0 Å². The molecule has 1 aromatic carbocycles. The van der Waals surface area contributed by atoms with E-state index in [1.165, 1.54) is 4.31 Å². The summed E-state index contributed by atoms with van der Waals surface area (Å²) in [6.45, 7) is 5.43. The van der Waals surface area contributed by atoms with Crippen molar-refractivity contribution in [3.8, 4) is 0 Å². The highest BCUT2D eigenvalue weighted by Crippen LogP contribution is 2.25. The zero-order chi connectivity index (χ0) is 15.3. The standard InChI is InChI=1S/C14H25N3O2S/c1-5-17(11-7-10-16(3)4)20(18,19)14-12(2)8-6-9-13(14)15/h6,8-9H,5,7,10-11,15H2,1-4H3. The predicted molar refractivity (Wildman–Crippen MR) is 83.2 cm³/mol. The Morgan fingerprint density at radius 3 is 2.35 bits per heavy atom. The number of benzene rings is 1. The first-order valence-electron chi connectivity index (χ1n) is 6.80. The van der Waals surface area contributed by atoms with Crippen LogP contribution >= 0.6 is 0 Å². The van der Waals surface area contributed by atoms with Crippen molar-refractivity contribution in [2.75, 3.05) is 39.5 Å². The number of hydrogen-bond donors (Lipinski definition) is 1. The van der Waals surface area contributed by atoms with Crippen LogP contribution in [0.2, 0.25) is 0 Å². The molecule has 0 spiro atoms. The van der Waals surface area contributed by atoms with E-state index in [0.717, 1.165) is 13.0 Å². The van der Waals surface area contributed by atoms with E-state index in [1.54, 1.807) is 25.1 Å². The van der Waals surface area contributed by atoms with E-state index in [1.807, 2.05) is 25.9 Å². The highest BCUT2D eigenvalue weighted by molar-refractivity contribution is 7.89. The molecule has 6 heteroatoms. The molecule has 2 N–H and O–H groups in total. The summed E-state index contributed by atoms with van der Waals surface area (Å²) in [4.78, 5) is 2.29. The maximum atomic E-state index is 12.7. The molecule has 20 heavy (non-hydrogen) atoms. The second-order valence-corrected chi connectivity index (χ2v) is 7.02. The predicted octanol–water partition coefficient (Wildman–Crippen LogP) is 1.54. The van der Waals surface area contributed by atoms with Gasteiger partial charge in [-0.25, -0.2) is 8.42 Å². The van der Waals surface area contributed by atoms with Gasteiger partial charge in [-0.05, 0) is 45.6 Å². The minimum Gasteiger partial charge on any atom is -0.398 e. The maximum absolute atomic E-state index is 12.7. The Hall–Kier alpha value is -1.11. The average Bonchev–Trinajstić information content (AvgIpc) is 2.33. The van der Waals surface area contributed by atoms with Crippen LogP contribution in [-0.2, 0) is 10.0 Å². The SMILES string of the molecule is CCN(CCCN(C)C)S(=O)(=O)c1c(C)cccc1N. The molecular weight excluding hydrogens is 274 g/mol. The lowest BCUT2D eigenvalue weighted by atomic mass is 10.2. The lowest BCUT2D eigenvalue weighted by Gasteiger charge is -2.23. The van der Waals surface area contributed by atoms with E-state index in [-0.39, 0.29) is 4.90 Å². The summed E-state index contributed by atoms with van der Waals surface area (Å²) in [5.74, 6) is 0. The van der Waals surface area contributed by atoms with Crippen LogP contribution in [0, 0.1) is 6.92 Å². The van der Waals surface area contributed by atoms with Gasteiger partial charge in [-0.2, -0.15) is 4.31 Å². The molecule has 0 aliphatic heterocycles. The summed E-state index contributed by atoms with van der Waals surface area (Å²) in [5.41, 5.74) is 6.87. The van der Waals surface area contributed by atoms with Crippen molar-refractivity contribution in [1.29, 1.82) is 0 Å². The van der Waals surface area contributed by atoms with Crippen LogP contribution in [0.3, 0.4) is 0 Å². The van der Waals surface area contributed by atoms with Crippen LogP contribution in [0.5, 0.6) is 0 Å². The third-order valence-corrected chi connectivity index (χ3v) is 5.40. The van der Waals surface area contributed by atoms with Crippen LogP contribution in [-0.4, -0.2) is 51.4 Å². The first-order chi connectivity index (χ1) is 9.30. The minimum atomic E-state index is -3.52. The summed E-state index contributed by atoms with van der Waals surface area (Å²) in [5, 5.41) is 0. The lowest BCUT2D eigenvalue weighted by molar-refractivity contribution is 0.356. The molecule has 0 aliphatic rings. The Kier molecular flexibility index (Phi) is 5.98. The maximum Gasteiger partial charge on any atom is 0.245 e. The second-order valence-electron chi connectivity index (χ2n) is 5.15. The normalized spacial score (nSPS) is 12.3. The zero-order valence-electron chi connectivity index (χ0n) is 12.8. The number of anilines is 1. The van der Waals surface area contributed by atoms with Gasteiger partial charge in [0.25, 0.3) is 0 Å². The van der Waals surface area contributed by atoms with Crippen LogP contribution < -0.4 is 5.73 Å². The van der Waals surface area contributed by atoms with Gasteiger partial charge in [-0.15, -0.1) is 0 Å². The molecular formula is C14H25N3O2S. The summed E-state index contributed by atoms with van der Waals surface area (Å²) >= 11 is 0. The van der Waals surface area contributed by atoms with Crippen molar-refractivity contribution >= 4 is 15.7 Å². The third kappa shape index (κ3) is 3.94. The molecule has 1 rings (SSSR count). The molecule has 0 atom stereocenters. The number of sulfonamides is 1. The van der Waals surface area contributed by atoms with Crippen molar-refractivity contribution in [3.05, 3.63) is 23.8 Å². The Balaban J connectivity index is 3.01. The van der Waals surface area contributed by atoms with Crippen molar-refractivity contribution in [2.45, 2.75) is 25.2 Å². The highest BCUT2D eigenvalue weighted by Gasteiger charge is 2.26. The van der Waals surface area contributed by atoms with Crippen LogP contribution in [0.1, 0.15) is 18.9 Å². The molecule has 1 aromatic rings. The van der Waals surface area contributed by atoms with Crippen molar-refractivity contribution in [3.63, 3.8) is 0 Å². The molecule has 0 fully saturated rings. The van der Waals surface area contributed by atoms with Crippen molar-refractivity contribution < 1.29 is 8.42 Å². The number of hydrogen-bond acceptors (Lipinski definition) is 4. The summed E-state index contributed by atoms with van der Waals surface area (Å²) in [7, 11) is 0.432. The molecule has 0 radical (unpaired) electrons. The largest absolute Gasteiger partial charge is 0.398 e. The summed E-state index contributed by atoms with van der Waals surface area (Å²) in [6, 6.07) is 5.18. The van der Waals surface area contributed by atoms with E-state index in [2.05, 4.69) is 0 Å². The van der Waals surface area contributed by atoms with Gasteiger partial charge in [0.05, 0.1) is 5.69 Å². The van der Waals surface area contributed by atoms with Gasteiger partial charge in [0.1, 0.15) is 4.90 Å². The highest BCUT2D eigenvalue weighted by atomic mass is 32.2. The van der Waals surface area contributed by atoms with Gasteiger partial charge in [0, 0.05) is 13.1 Å². The van der Waals surface area contributed by atoms with Crippen LogP contribution in [0.4, 0.5) is 5.69 Å². The minimum absolute atomic E-state index is 0.242. The molecule has 0 aliphatic carbocycles. The number of nitrogens with zero attached hydrogens (tertiary/aromatic N) is 2. The molecule has 0 aromatic heterocycles. The molecule has 0 saturated carbocycles. The van der Waals surface area contributed by atoms with Crippen LogP contribution in [0.25, 0.3) is 0 Å². The topological polar surface area (TPSA) is 66.6 Å². The van der Waals surface area contributed by atoms with E-state index in [4.69, 9.17) is 5.73 Å². The Morgan fingerprint density at radius 2 is 1.85 bits per heavy atom. The van der Waals surface area contributed by atoms with Crippen LogP contribution in [0.15, 0.2) is 23.1 Å². The Morgan fingerprint density at radius 1 is 1.20 bits per heavy atom. The summed E-state index contributed by atoms with van der Waals surface area (Å²) in [6.07, 6.45) is 0.797. The summed E-state index contributed by atoms with van der Waals surface area (Å²) < 4.78 is 26.9. The van der Waals surface area contributed by atoms with Gasteiger partial charge < -0.3 is 10.6 Å². The Labute approximate surface area is 122 Å². The van der Waals surface area contributed by atoms with Gasteiger partial charge in [-0.1, -0.05) is 19.1 Å². The van der Waals surface area contributed by atoms with E-state index >= 15 is 0 Å².